The van der Waals surface area contributed by atoms with Crippen molar-refractivity contribution in [2.75, 3.05) is 0 Å². The number of carbonyl (C=O) groups is 2. The Kier molecular flexibility index (Phi) is 5.35. The Bertz CT molecular complexity index is 898. The van der Waals surface area contributed by atoms with E-state index in [-0.39, 0.29) is 11.2 Å². The van der Waals surface area contributed by atoms with Crippen LogP contribution in [0.2, 0.25) is 5.02 Å². The van der Waals surface area contributed by atoms with Crippen molar-refractivity contribution < 1.29 is 14.3 Å². The van der Waals surface area contributed by atoms with Gasteiger partial charge in [-0.1, -0.05) is 59.6 Å². The van der Waals surface area contributed by atoms with Crippen LogP contribution >= 0.6 is 27.5 Å². The lowest BCUT2D eigenvalue weighted by molar-refractivity contribution is -0.116. The van der Waals surface area contributed by atoms with E-state index in [1.807, 2.05) is 38.1 Å². The van der Waals surface area contributed by atoms with Gasteiger partial charge in [0.1, 0.15) is 5.76 Å². The molecule has 0 saturated carbocycles. The van der Waals surface area contributed by atoms with Crippen molar-refractivity contribution in [3.63, 3.8) is 0 Å². The quantitative estimate of drug-likeness (QED) is 0.553. The second kappa shape index (κ2) is 7.37. The Hall–Kier alpha value is -1.91. The minimum absolute atomic E-state index is 0.0212. The molecule has 0 heterocycles. The minimum Gasteiger partial charge on any atom is -0.427 e. The van der Waals surface area contributed by atoms with Gasteiger partial charge in [0.25, 0.3) is 0 Å². The van der Waals surface area contributed by atoms with Crippen molar-refractivity contribution in [2.45, 2.75) is 26.7 Å². The van der Waals surface area contributed by atoms with Gasteiger partial charge < -0.3 is 4.74 Å². The van der Waals surface area contributed by atoms with E-state index in [1.54, 1.807) is 24.3 Å². The number of halogens is 2. The van der Waals surface area contributed by atoms with Crippen molar-refractivity contribution in [2.24, 2.45) is 5.41 Å². The molecule has 0 aliphatic heterocycles. The molecule has 0 aromatic heterocycles. The monoisotopic (exact) mass is 432 g/mol. The number of ketones is 1. The molecular weight excluding hydrogens is 416 g/mol. The standard InChI is InChI=1S/C21H18BrClO3/c1-21(2)11-17(24)19(15-5-3-4-6-16(15)22)18(12-21)26-20(25)13-7-9-14(23)10-8-13/h3-10H,11-12H2,1-2H3. The highest BCUT2D eigenvalue weighted by Crippen LogP contribution is 2.42. The molecule has 0 atom stereocenters. The zero-order valence-corrected chi connectivity index (χ0v) is 16.9. The first-order valence-electron chi connectivity index (χ1n) is 8.26. The Balaban J connectivity index is 2.04. The van der Waals surface area contributed by atoms with Crippen molar-refractivity contribution in [3.05, 3.63) is 74.9 Å². The summed E-state index contributed by atoms with van der Waals surface area (Å²) in [6, 6.07) is 14.0. The number of ether oxygens (including phenoxy) is 1. The third-order valence-corrected chi connectivity index (χ3v) is 5.22. The molecule has 0 fully saturated rings. The van der Waals surface area contributed by atoms with Crippen LogP contribution in [0, 0.1) is 5.41 Å². The molecule has 0 radical (unpaired) electrons. The number of rotatable bonds is 3. The van der Waals surface area contributed by atoms with Crippen LogP contribution in [0.15, 0.2) is 58.8 Å². The van der Waals surface area contributed by atoms with E-state index in [0.717, 1.165) is 10.0 Å². The highest BCUT2D eigenvalue weighted by molar-refractivity contribution is 9.10. The van der Waals surface area contributed by atoms with Crippen LogP contribution in [0.5, 0.6) is 0 Å². The van der Waals surface area contributed by atoms with Crippen LogP contribution < -0.4 is 0 Å². The van der Waals surface area contributed by atoms with E-state index in [1.165, 1.54) is 0 Å². The summed E-state index contributed by atoms with van der Waals surface area (Å²) in [4.78, 5) is 25.4. The highest BCUT2D eigenvalue weighted by atomic mass is 79.9. The fraction of sp³-hybridized carbons (Fsp3) is 0.238. The van der Waals surface area contributed by atoms with Gasteiger partial charge in [0, 0.05) is 27.9 Å². The van der Waals surface area contributed by atoms with Gasteiger partial charge in [-0.2, -0.15) is 0 Å². The maximum atomic E-state index is 12.8. The molecule has 3 nitrogen and oxygen atoms in total. The molecule has 0 unspecified atom stereocenters. The van der Waals surface area contributed by atoms with Crippen molar-refractivity contribution in [1.82, 2.24) is 0 Å². The molecule has 2 aromatic rings. The number of carbonyl (C=O) groups excluding carboxylic acids is 2. The summed E-state index contributed by atoms with van der Waals surface area (Å²) in [5.41, 5.74) is 1.34. The molecule has 0 bridgehead atoms. The molecule has 0 amide bonds. The van der Waals surface area contributed by atoms with Gasteiger partial charge in [-0.3, -0.25) is 4.79 Å². The lowest BCUT2D eigenvalue weighted by Crippen LogP contribution is -2.27. The Morgan fingerprint density at radius 2 is 1.73 bits per heavy atom. The molecule has 134 valence electrons. The largest absolute Gasteiger partial charge is 0.427 e. The number of benzene rings is 2. The normalized spacial score (nSPS) is 16.5. The van der Waals surface area contributed by atoms with E-state index in [2.05, 4.69) is 15.9 Å². The summed E-state index contributed by atoms with van der Waals surface area (Å²) >= 11 is 9.37. The average molecular weight is 434 g/mol. The molecule has 3 rings (SSSR count). The number of esters is 1. The van der Waals surface area contributed by atoms with E-state index in [9.17, 15) is 9.59 Å². The molecule has 0 saturated heterocycles. The number of Topliss-reactive ketones (excluding diaryl/α,β-unsaturated/α-hetero) is 1. The first kappa shape index (κ1) is 18.9. The van der Waals surface area contributed by atoms with Crippen LogP contribution in [0.25, 0.3) is 5.57 Å². The number of allylic oxidation sites excluding steroid dienone is 2. The Morgan fingerprint density at radius 3 is 2.38 bits per heavy atom. The predicted octanol–water partition coefficient (Wildman–Crippen LogP) is 6.06. The van der Waals surface area contributed by atoms with Crippen LogP contribution in [0.3, 0.4) is 0 Å². The molecule has 1 aliphatic rings. The fourth-order valence-corrected chi connectivity index (χ4v) is 3.68. The molecule has 1 aliphatic carbocycles. The summed E-state index contributed by atoms with van der Waals surface area (Å²) in [6.45, 7) is 4.00. The molecule has 0 spiro atoms. The summed E-state index contributed by atoms with van der Waals surface area (Å²) in [5, 5.41) is 0.545. The third kappa shape index (κ3) is 4.08. The van der Waals surface area contributed by atoms with Crippen molar-refractivity contribution in [3.8, 4) is 0 Å². The van der Waals surface area contributed by atoms with Crippen molar-refractivity contribution >= 4 is 44.9 Å². The lowest BCUT2D eigenvalue weighted by atomic mass is 9.75. The van der Waals surface area contributed by atoms with Crippen LogP contribution in [0.1, 0.15) is 42.6 Å². The Morgan fingerprint density at radius 1 is 1.08 bits per heavy atom. The maximum Gasteiger partial charge on any atom is 0.343 e. The Labute approximate surface area is 166 Å². The van der Waals surface area contributed by atoms with Gasteiger partial charge >= 0.3 is 5.97 Å². The first-order chi connectivity index (χ1) is 12.3. The van der Waals surface area contributed by atoms with E-state index < -0.39 is 5.97 Å². The molecule has 2 aromatic carbocycles. The molecule has 0 N–H and O–H groups in total. The summed E-state index contributed by atoms with van der Waals surface area (Å²) in [5.74, 6) is -0.100. The fourth-order valence-electron chi connectivity index (χ4n) is 3.07. The van der Waals surface area contributed by atoms with Crippen LogP contribution in [-0.2, 0) is 9.53 Å². The predicted molar refractivity (Wildman–Crippen MR) is 106 cm³/mol. The summed E-state index contributed by atoms with van der Waals surface area (Å²) in [7, 11) is 0. The van der Waals surface area contributed by atoms with Crippen LogP contribution in [-0.4, -0.2) is 11.8 Å². The van der Waals surface area contributed by atoms with E-state index in [0.29, 0.717) is 34.8 Å². The maximum absolute atomic E-state index is 12.8. The van der Waals surface area contributed by atoms with E-state index >= 15 is 0 Å². The highest BCUT2D eigenvalue weighted by Gasteiger charge is 2.36. The SMILES string of the molecule is CC1(C)CC(=O)C(c2ccccc2Br)=C(OC(=O)c2ccc(Cl)cc2)C1. The zero-order valence-electron chi connectivity index (χ0n) is 14.5. The average Bonchev–Trinajstić information content (AvgIpc) is 2.55. The lowest BCUT2D eigenvalue weighted by Gasteiger charge is -2.31. The van der Waals surface area contributed by atoms with E-state index in [4.69, 9.17) is 16.3 Å². The minimum atomic E-state index is -0.494. The van der Waals surface area contributed by atoms with Gasteiger partial charge in [-0.05, 0) is 35.7 Å². The molecule has 26 heavy (non-hydrogen) atoms. The summed E-state index contributed by atoms with van der Waals surface area (Å²) < 4.78 is 6.50. The second-order valence-corrected chi connectivity index (χ2v) is 8.41. The first-order valence-corrected chi connectivity index (χ1v) is 9.43. The van der Waals surface area contributed by atoms with Gasteiger partial charge in [0.2, 0.25) is 0 Å². The third-order valence-electron chi connectivity index (χ3n) is 4.27. The van der Waals surface area contributed by atoms with Crippen LogP contribution in [0.4, 0.5) is 0 Å². The number of hydrogen-bond donors (Lipinski definition) is 0. The van der Waals surface area contributed by atoms with Gasteiger partial charge in [0.15, 0.2) is 5.78 Å². The number of hydrogen-bond acceptors (Lipinski definition) is 3. The molecular formula is C21H18BrClO3. The molecule has 5 heteroatoms. The van der Waals surface area contributed by atoms with Crippen molar-refractivity contribution in [1.29, 1.82) is 0 Å². The topological polar surface area (TPSA) is 43.4 Å². The summed E-state index contributed by atoms with van der Waals surface area (Å²) in [6.07, 6.45) is 0.917. The second-order valence-electron chi connectivity index (χ2n) is 7.12. The smallest absolute Gasteiger partial charge is 0.343 e. The zero-order chi connectivity index (χ0) is 18.9. The van der Waals surface area contributed by atoms with Gasteiger partial charge in [-0.25, -0.2) is 4.79 Å². The van der Waals surface area contributed by atoms with Gasteiger partial charge in [0.05, 0.1) is 11.1 Å². The van der Waals surface area contributed by atoms with Gasteiger partial charge in [-0.15, -0.1) is 0 Å².